The second-order valence-corrected chi connectivity index (χ2v) is 11.8. The SMILES string of the molecule is COc1cc2c(cc1OC)/C(=C(/Nc1ccc(N(CC(=O)N3CCCC3)S(C)(=O)=O)cc1)c1ccccc1)C(=O)N2. The third kappa shape index (κ3) is 5.85. The number of rotatable bonds is 9. The van der Waals surface area contributed by atoms with Gasteiger partial charge in [0.1, 0.15) is 6.54 Å². The van der Waals surface area contributed by atoms with Crippen LogP contribution in [0.15, 0.2) is 66.7 Å². The number of methoxy groups -OCH3 is 2. The first-order valence-electron chi connectivity index (χ1n) is 13.2. The number of nitrogens with zero attached hydrogens (tertiary/aromatic N) is 2. The van der Waals surface area contributed by atoms with E-state index in [1.165, 1.54) is 14.2 Å². The Morgan fingerprint density at radius 3 is 2.22 bits per heavy atom. The quantitative estimate of drug-likeness (QED) is 0.370. The number of fused-ring (bicyclic) bond motifs is 1. The normalized spacial score (nSPS) is 15.7. The smallest absolute Gasteiger partial charge is 0.258 e. The molecule has 3 aromatic carbocycles. The summed E-state index contributed by atoms with van der Waals surface area (Å²) >= 11 is 0. The van der Waals surface area contributed by atoms with Crippen molar-refractivity contribution in [2.24, 2.45) is 0 Å². The average molecular weight is 577 g/mol. The second kappa shape index (κ2) is 11.5. The Labute approximate surface area is 239 Å². The highest BCUT2D eigenvalue weighted by Crippen LogP contribution is 2.43. The van der Waals surface area contributed by atoms with E-state index in [1.807, 2.05) is 30.3 Å². The molecule has 0 atom stereocenters. The second-order valence-electron chi connectivity index (χ2n) is 9.85. The predicted octanol–water partition coefficient (Wildman–Crippen LogP) is 4.02. The van der Waals surface area contributed by atoms with E-state index in [0.29, 0.717) is 58.5 Å². The molecule has 0 bridgehead atoms. The number of ether oxygens (including phenoxy) is 2. The molecule has 10 nitrogen and oxygen atoms in total. The van der Waals surface area contributed by atoms with E-state index in [0.717, 1.165) is 29.0 Å². The van der Waals surface area contributed by atoms with Crippen molar-refractivity contribution in [1.82, 2.24) is 4.90 Å². The zero-order chi connectivity index (χ0) is 29.1. The molecule has 0 saturated carbocycles. The molecule has 41 heavy (non-hydrogen) atoms. The molecular weight excluding hydrogens is 544 g/mol. The molecule has 2 N–H and O–H groups in total. The van der Waals surface area contributed by atoms with Gasteiger partial charge in [-0.15, -0.1) is 0 Å². The summed E-state index contributed by atoms with van der Waals surface area (Å²) in [5, 5.41) is 6.28. The van der Waals surface area contributed by atoms with Gasteiger partial charge in [-0.2, -0.15) is 0 Å². The molecule has 2 heterocycles. The Bertz CT molecular complexity index is 1600. The van der Waals surface area contributed by atoms with Crippen LogP contribution in [-0.4, -0.2) is 65.2 Å². The van der Waals surface area contributed by atoms with E-state index in [-0.39, 0.29) is 18.4 Å². The lowest BCUT2D eigenvalue weighted by Crippen LogP contribution is -2.41. The van der Waals surface area contributed by atoms with Crippen LogP contribution in [0.5, 0.6) is 11.5 Å². The molecule has 0 unspecified atom stereocenters. The average Bonchev–Trinajstić information content (AvgIpc) is 3.62. The Balaban J connectivity index is 1.51. The first-order valence-corrected chi connectivity index (χ1v) is 15.0. The molecule has 5 rings (SSSR count). The van der Waals surface area contributed by atoms with E-state index in [1.54, 1.807) is 41.3 Å². The fraction of sp³-hybridized carbons (Fsp3) is 0.267. The van der Waals surface area contributed by atoms with Crippen molar-refractivity contribution in [2.75, 3.05) is 55.0 Å². The highest BCUT2D eigenvalue weighted by atomic mass is 32.2. The molecule has 0 aromatic heterocycles. The number of hydrogen-bond donors (Lipinski definition) is 2. The minimum Gasteiger partial charge on any atom is -0.493 e. The standard InChI is InChI=1S/C30H32N4O6S/c1-39-25-17-23-24(18-26(25)40-2)32-30(36)28(23)29(20-9-5-4-6-10-20)31-21-11-13-22(14-12-21)34(41(3,37)38)19-27(35)33-15-7-8-16-33/h4-6,9-14,17-18,31H,7-8,15-16,19H2,1-3H3,(H,32,36)/b29-28-. The topological polar surface area (TPSA) is 117 Å². The van der Waals surface area contributed by atoms with Crippen LogP contribution < -0.4 is 24.4 Å². The highest BCUT2D eigenvalue weighted by molar-refractivity contribution is 7.92. The van der Waals surface area contributed by atoms with Gasteiger partial charge in [0.15, 0.2) is 11.5 Å². The van der Waals surface area contributed by atoms with Crippen LogP contribution in [0.2, 0.25) is 0 Å². The molecule has 0 aliphatic carbocycles. The van der Waals surface area contributed by atoms with Crippen molar-refractivity contribution in [3.63, 3.8) is 0 Å². The summed E-state index contributed by atoms with van der Waals surface area (Å²) in [6.07, 6.45) is 2.94. The summed E-state index contributed by atoms with van der Waals surface area (Å²) in [4.78, 5) is 27.8. The minimum absolute atomic E-state index is 0.218. The van der Waals surface area contributed by atoms with E-state index in [2.05, 4.69) is 10.6 Å². The maximum absolute atomic E-state index is 13.3. The molecule has 2 amide bonds. The van der Waals surface area contributed by atoms with Gasteiger partial charge < -0.3 is 25.0 Å². The van der Waals surface area contributed by atoms with Gasteiger partial charge in [-0.05, 0) is 48.7 Å². The maximum atomic E-state index is 13.3. The maximum Gasteiger partial charge on any atom is 0.258 e. The number of carbonyl (C=O) groups is 2. The van der Waals surface area contributed by atoms with Gasteiger partial charge in [-0.3, -0.25) is 13.9 Å². The van der Waals surface area contributed by atoms with Gasteiger partial charge in [0, 0.05) is 30.4 Å². The molecule has 2 aliphatic heterocycles. The number of carbonyl (C=O) groups excluding carboxylic acids is 2. The fourth-order valence-corrected chi connectivity index (χ4v) is 5.92. The Morgan fingerprint density at radius 1 is 0.976 bits per heavy atom. The van der Waals surface area contributed by atoms with E-state index in [4.69, 9.17) is 9.47 Å². The molecule has 2 aliphatic rings. The lowest BCUT2D eigenvalue weighted by atomic mass is 9.99. The summed E-state index contributed by atoms with van der Waals surface area (Å²) in [5.74, 6) is 0.476. The van der Waals surface area contributed by atoms with Crippen molar-refractivity contribution in [1.29, 1.82) is 0 Å². The number of anilines is 3. The van der Waals surface area contributed by atoms with Crippen LogP contribution in [0.1, 0.15) is 24.0 Å². The van der Waals surface area contributed by atoms with Crippen LogP contribution in [0.25, 0.3) is 11.3 Å². The van der Waals surface area contributed by atoms with Gasteiger partial charge in [0.2, 0.25) is 15.9 Å². The third-order valence-electron chi connectivity index (χ3n) is 7.14. The Morgan fingerprint density at radius 2 is 1.61 bits per heavy atom. The molecule has 0 spiro atoms. The Kier molecular flexibility index (Phi) is 7.89. The molecular formula is C30H32N4O6S. The summed E-state index contributed by atoms with van der Waals surface area (Å²) in [6, 6.07) is 19.6. The van der Waals surface area contributed by atoms with E-state index >= 15 is 0 Å². The summed E-state index contributed by atoms with van der Waals surface area (Å²) < 4.78 is 37.3. The molecule has 0 radical (unpaired) electrons. The molecule has 3 aromatic rings. The van der Waals surface area contributed by atoms with Gasteiger partial charge in [0.25, 0.3) is 5.91 Å². The first-order chi connectivity index (χ1) is 19.7. The zero-order valence-electron chi connectivity index (χ0n) is 23.1. The highest BCUT2D eigenvalue weighted by Gasteiger charge is 2.31. The van der Waals surface area contributed by atoms with Crippen LogP contribution >= 0.6 is 0 Å². The van der Waals surface area contributed by atoms with Gasteiger partial charge in [-0.25, -0.2) is 8.42 Å². The number of nitrogens with one attached hydrogen (secondary N) is 2. The van der Waals surface area contributed by atoms with Gasteiger partial charge in [0.05, 0.1) is 43.1 Å². The van der Waals surface area contributed by atoms with Crippen LogP contribution in [0.4, 0.5) is 17.1 Å². The summed E-state index contributed by atoms with van der Waals surface area (Å²) in [5.41, 5.74) is 4.01. The number of benzene rings is 3. The number of hydrogen-bond acceptors (Lipinski definition) is 7. The Hall–Kier alpha value is -4.51. The molecule has 1 saturated heterocycles. The molecule has 1 fully saturated rings. The van der Waals surface area contributed by atoms with Crippen molar-refractivity contribution in [3.05, 3.63) is 77.9 Å². The molecule has 214 valence electrons. The van der Waals surface area contributed by atoms with Crippen LogP contribution in [0.3, 0.4) is 0 Å². The number of sulfonamides is 1. The predicted molar refractivity (Wildman–Crippen MR) is 160 cm³/mol. The number of likely N-dealkylation sites (tertiary alicyclic amines) is 1. The first kappa shape index (κ1) is 28.0. The van der Waals surface area contributed by atoms with Crippen LogP contribution in [0, 0.1) is 0 Å². The summed E-state index contributed by atoms with van der Waals surface area (Å²) in [7, 11) is -0.637. The third-order valence-corrected chi connectivity index (χ3v) is 8.28. The zero-order valence-corrected chi connectivity index (χ0v) is 24.0. The monoisotopic (exact) mass is 576 g/mol. The van der Waals surface area contributed by atoms with E-state index < -0.39 is 10.0 Å². The largest absolute Gasteiger partial charge is 0.493 e. The van der Waals surface area contributed by atoms with E-state index in [9.17, 15) is 18.0 Å². The van der Waals surface area contributed by atoms with Crippen molar-refractivity contribution in [2.45, 2.75) is 12.8 Å². The van der Waals surface area contributed by atoms with Crippen LogP contribution in [-0.2, 0) is 19.6 Å². The van der Waals surface area contributed by atoms with Gasteiger partial charge in [-0.1, -0.05) is 30.3 Å². The van der Waals surface area contributed by atoms with Crippen molar-refractivity contribution in [3.8, 4) is 11.5 Å². The van der Waals surface area contributed by atoms with Gasteiger partial charge >= 0.3 is 0 Å². The minimum atomic E-state index is -3.71. The van der Waals surface area contributed by atoms with Crippen molar-refractivity contribution < 1.29 is 27.5 Å². The lowest BCUT2D eigenvalue weighted by molar-refractivity contribution is -0.128. The lowest BCUT2D eigenvalue weighted by Gasteiger charge is -2.25. The molecule has 11 heteroatoms. The summed E-state index contributed by atoms with van der Waals surface area (Å²) in [6.45, 7) is 1.03. The fourth-order valence-electron chi connectivity index (χ4n) is 5.07. The van der Waals surface area contributed by atoms with Crippen molar-refractivity contribution >= 4 is 50.2 Å². The number of amides is 2.